The maximum Gasteiger partial charge on any atom is 0.317 e. The molecule has 3 rings (SSSR count). The Labute approximate surface area is 133 Å². The number of urea groups is 1. The fraction of sp³-hybridized carbons (Fsp3) is 0.375. The monoisotopic (exact) mass is 316 g/mol. The lowest BCUT2D eigenvalue weighted by atomic mass is 10.0. The molecule has 0 bridgehead atoms. The van der Waals surface area contributed by atoms with Crippen molar-refractivity contribution in [1.29, 1.82) is 5.26 Å². The van der Waals surface area contributed by atoms with Gasteiger partial charge in [0.25, 0.3) is 0 Å². The SMILES string of the molecule is N#C[C@@H]1CCCN(C(=O)NCc2cc3cc(Cl)ccc3[nH]2)C1. The molecule has 1 aromatic heterocycles. The van der Waals surface area contributed by atoms with E-state index in [2.05, 4.69) is 16.4 Å². The number of carbonyl (C=O) groups excluding carboxylic acids is 1. The first-order chi connectivity index (χ1) is 10.7. The smallest absolute Gasteiger partial charge is 0.317 e. The van der Waals surface area contributed by atoms with Crippen molar-refractivity contribution in [1.82, 2.24) is 15.2 Å². The number of benzene rings is 1. The van der Waals surface area contributed by atoms with Crippen LogP contribution in [-0.4, -0.2) is 29.0 Å². The standard InChI is InChI=1S/C16H17ClN4O/c17-13-3-4-15-12(6-13)7-14(20-15)9-19-16(22)21-5-1-2-11(8-18)10-21/h3-4,6-7,11,20H,1-2,5,9-10H2,(H,19,22)/t11-/m0/s1. The lowest BCUT2D eigenvalue weighted by molar-refractivity contribution is 0.176. The van der Waals surface area contributed by atoms with Gasteiger partial charge in [0.15, 0.2) is 0 Å². The molecule has 0 unspecified atom stereocenters. The molecule has 6 heteroatoms. The zero-order valence-electron chi connectivity index (χ0n) is 12.1. The third-order valence-corrected chi connectivity index (χ3v) is 4.19. The van der Waals surface area contributed by atoms with Crippen LogP contribution in [0, 0.1) is 17.2 Å². The van der Waals surface area contributed by atoms with E-state index in [1.165, 1.54) is 0 Å². The van der Waals surface area contributed by atoms with Gasteiger partial charge in [0.05, 0.1) is 18.5 Å². The van der Waals surface area contributed by atoms with Crippen LogP contribution in [0.25, 0.3) is 10.9 Å². The number of piperidine rings is 1. The van der Waals surface area contributed by atoms with Crippen LogP contribution in [-0.2, 0) is 6.54 Å². The van der Waals surface area contributed by atoms with Crippen LogP contribution in [0.15, 0.2) is 24.3 Å². The minimum atomic E-state index is -0.114. The molecule has 1 aliphatic rings. The van der Waals surface area contributed by atoms with Crippen molar-refractivity contribution < 1.29 is 4.79 Å². The highest BCUT2D eigenvalue weighted by Crippen LogP contribution is 2.20. The number of nitrogens with zero attached hydrogens (tertiary/aromatic N) is 2. The van der Waals surface area contributed by atoms with Crippen LogP contribution in [0.4, 0.5) is 4.79 Å². The number of hydrogen-bond acceptors (Lipinski definition) is 2. The number of fused-ring (bicyclic) bond motifs is 1. The first-order valence-corrected chi connectivity index (χ1v) is 7.73. The third-order valence-electron chi connectivity index (χ3n) is 3.96. The summed E-state index contributed by atoms with van der Waals surface area (Å²) in [5, 5.41) is 13.6. The van der Waals surface area contributed by atoms with E-state index in [1.807, 2.05) is 24.3 Å². The number of H-pyrrole nitrogens is 1. The molecule has 2 N–H and O–H groups in total. The van der Waals surface area contributed by atoms with E-state index in [9.17, 15) is 4.79 Å². The van der Waals surface area contributed by atoms with Crippen molar-refractivity contribution in [2.45, 2.75) is 19.4 Å². The number of likely N-dealkylation sites (tertiary alicyclic amines) is 1. The zero-order valence-corrected chi connectivity index (χ0v) is 12.9. The summed E-state index contributed by atoms with van der Waals surface area (Å²) < 4.78 is 0. The summed E-state index contributed by atoms with van der Waals surface area (Å²) in [6, 6.07) is 9.76. The fourth-order valence-electron chi connectivity index (χ4n) is 2.81. The van der Waals surface area contributed by atoms with E-state index in [0.717, 1.165) is 29.4 Å². The van der Waals surface area contributed by atoms with E-state index < -0.39 is 0 Å². The van der Waals surface area contributed by atoms with Gasteiger partial charge in [0.1, 0.15) is 0 Å². The topological polar surface area (TPSA) is 71.9 Å². The molecule has 0 spiro atoms. The van der Waals surface area contributed by atoms with Crippen molar-refractivity contribution in [2.75, 3.05) is 13.1 Å². The molecule has 22 heavy (non-hydrogen) atoms. The molecule has 1 saturated heterocycles. The van der Waals surface area contributed by atoms with E-state index in [0.29, 0.717) is 24.7 Å². The maximum absolute atomic E-state index is 12.2. The number of nitriles is 1. The Bertz CT molecular complexity index is 733. The molecular formula is C16H17ClN4O. The van der Waals surface area contributed by atoms with Crippen LogP contribution < -0.4 is 5.32 Å². The van der Waals surface area contributed by atoms with E-state index in [4.69, 9.17) is 16.9 Å². The van der Waals surface area contributed by atoms with Crippen molar-refractivity contribution in [3.8, 4) is 6.07 Å². The summed E-state index contributed by atoms with van der Waals surface area (Å²) in [7, 11) is 0. The minimum absolute atomic E-state index is 0.0466. The van der Waals surface area contributed by atoms with E-state index in [1.54, 1.807) is 4.90 Å². The van der Waals surface area contributed by atoms with Gasteiger partial charge in [-0.05, 0) is 37.1 Å². The minimum Gasteiger partial charge on any atom is -0.357 e. The van der Waals surface area contributed by atoms with Crippen molar-refractivity contribution in [3.05, 3.63) is 35.0 Å². The number of aromatic amines is 1. The van der Waals surface area contributed by atoms with Crippen LogP contribution in [0.2, 0.25) is 5.02 Å². The lowest BCUT2D eigenvalue weighted by Crippen LogP contribution is -2.45. The number of rotatable bonds is 2. The molecule has 5 nitrogen and oxygen atoms in total. The van der Waals surface area contributed by atoms with Gasteiger partial charge in [-0.15, -0.1) is 0 Å². The highest BCUT2D eigenvalue weighted by atomic mass is 35.5. The summed E-state index contributed by atoms with van der Waals surface area (Å²) in [6.07, 6.45) is 1.76. The number of hydrogen-bond donors (Lipinski definition) is 2. The number of halogens is 1. The molecule has 0 aliphatic carbocycles. The zero-order chi connectivity index (χ0) is 15.5. The molecule has 2 aromatic rings. The second-order valence-electron chi connectivity index (χ2n) is 5.60. The Morgan fingerprint density at radius 1 is 1.50 bits per heavy atom. The van der Waals surface area contributed by atoms with Crippen LogP contribution in [0.3, 0.4) is 0 Å². The molecule has 0 radical (unpaired) electrons. The van der Waals surface area contributed by atoms with Gasteiger partial charge in [-0.1, -0.05) is 11.6 Å². The quantitative estimate of drug-likeness (QED) is 0.892. The predicted molar refractivity (Wildman–Crippen MR) is 85.5 cm³/mol. The number of aromatic nitrogens is 1. The second-order valence-corrected chi connectivity index (χ2v) is 6.04. The Kier molecular flexibility index (Phi) is 4.21. The molecule has 2 heterocycles. The first kappa shape index (κ1) is 14.7. The highest BCUT2D eigenvalue weighted by molar-refractivity contribution is 6.31. The molecule has 2 amide bonds. The highest BCUT2D eigenvalue weighted by Gasteiger charge is 2.23. The Morgan fingerprint density at radius 3 is 3.18 bits per heavy atom. The molecule has 0 saturated carbocycles. The van der Waals surface area contributed by atoms with Crippen molar-refractivity contribution >= 4 is 28.5 Å². The van der Waals surface area contributed by atoms with Crippen molar-refractivity contribution in [2.24, 2.45) is 5.92 Å². The molecule has 1 aliphatic heterocycles. The second kappa shape index (κ2) is 6.29. The molecule has 1 fully saturated rings. The van der Waals surface area contributed by atoms with Crippen LogP contribution >= 0.6 is 11.6 Å². The van der Waals surface area contributed by atoms with Gasteiger partial charge in [0.2, 0.25) is 0 Å². The number of nitrogens with one attached hydrogen (secondary N) is 2. The Balaban J connectivity index is 1.61. The maximum atomic E-state index is 12.2. The number of carbonyl (C=O) groups is 1. The molecule has 1 atom stereocenters. The van der Waals surface area contributed by atoms with Gasteiger partial charge in [-0.2, -0.15) is 5.26 Å². The molecule has 1 aromatic carbocycles. The van der Waals surface area contributed by atoms with Gasteiger partial charge in [-0.25, -0.2) is 4.79 Å². The summed E-state index contributed by atoms with van der Waals surface area (Å²) in [5.74, 6) is -0.0466. The molecular weight excluding hydrogens is 300 g/mol. The van der Waals surface area contributed by atoms with E-state index in [-0.39, 0.29) is 11.9 Å². The van der Waals surface area contributed by atoms with Crippen LogP contribution in [0.1, 0.15) is 18.5 Å². The van der Waals surface area contributed by atoms with E-state index >= 15 is 0 Å². The average molecular weight is 317 g/mol. The lowest BCUT2D eigenvalue weighted by Gasteiger charge is -2.29. The third kappa shape index (κ3) is 3.18. The Hall–Kier alpha value is -2.19. The van der Waals surface area contributed by atoms with Crippen molar-refractivity contribution in [3.63, 3.8) is 0 Å². The summed E-state index contributed by atoms with van der Waals surface area (Å²) in [6.45, 7) is 1.66. The number of amides is 2. The summed E-state index contributed by atoms with van der Waals surface area (Å²) >= 11 is 5.97. The largest absolute Gasteiger partial charge is 0.357 e. The van der Waals surface area contributed by atoms with Crippen LogP contribution in [0.5, 0.6) is 0 Å². The van der Waals surface area contributed by atoms with Gasteiger partial charge < -0.3 is 15.2 Å². The summed E-state index contributed by atoms with van der Waals surface area (Å²) in [5.41, 5.74) is 1.93. The molecule has 114 valence electrons. The van der Waals surface area contributed by atoms with Gasteiger partial charge in [-0.3, -0.25) is 0 Å². The van der Waals surface area contributed by atoms with Gasteiger partial charge in [0, 0.05) is 34.7 Å². The fourth-order valence-corrected chi connectivity index (χ4v) is 2.99. The average Bonchev–Trinajstić information content (AvgIpc) is 2.94. The normalized spacial score (nSPS) is 18.2. The Morgan fingerprint density at radius 2 is 2.36 bits per heavy atom. The summed E-state index contributed by atoms with van der Waals surface area (Å²) in [4.78, 5) is 17.1. The van der Waals surface area contributed by atoms with Gasteiger partial charge >= 0.3 is 6.03 Å². The first-order valence-electron chi connectivity index (χ1n) is 7.35. The predicted octanol–water partition coefficient (Wildman–Crippen LogP) is 3.27.